The summed E-state index contributed by atoms with van der Waals surface area (Å²) in [6, 6.07) is 8.04. The van der Waals surface area contributed by atoms with E-state index in [1.165, 1.54) is 16.4 Å². The number of para-hydroxylation sites is 1. The zero-order chi connectivity index (χ0) is 21.1. The van der Waals surface area contributed by atoms with Gasteiger partial charge in [0.25, 0.3) is 15.9 Å². The van der Waals surface area contributed by atoms with Crippen molar-refractivity contribution in [1.29, 1.82) is 0 Å². The molecule has 0 atom stereocenters. The van der Waals surface area contributed by atoms with E-state index in [2.05, 4.69) is 0 Å². The van der Waals surface area contributed by atoms with Crippen LogP contribution in [0.1, 0.15) is 36.0 Å². The Morgan fingerprint density at radius 2 is 1.60 bits per heavy atom. The Bertz CT molecular complexity index is 992. The van der Waals surface area contributed by atoms with Gasteiger partial charge in [-0.15, -0.1) is 11.3 Å². The van der Waals surface area contributed by atoms with E-state index in [1.807, 2.05) is 9.80 Å². The number of amides is 1. The van der Waals surface area contributed by atoms with Gasteiger partial charge in [-0.3, -0.25) is 4.79 Å². The standard InChI is InChI=1S/C21H26FN3O3S2/c22-18-7-3-4-8-19(18)23-11-13-25(14-12-23)30(27,28)20-15-17(16-29-20)21(26)24-9-5-1-2-6-10-24/h3-4,7-8,15-16H,1-2,5-6,9-14H2. The van der Waals surface area contributed by atoms with Crippen molar-refractivity contribution in [3.63, 3.8) is 0 Å². The third-order valence-corrected chi connectivity index (χ3v) is 9.06. The molecule has 2 aliphatic heterocycles. The van der Waals surface area contributed by atoms with E-state index in [0.717, 1.165) is 50.1 Å². The van der Waals surface area contributed by atoms with E-state index >= 15 is 0 Å². The number of anilines is 1. The largest absolute Gasteiger partial charge is 0.367 e. The predicted octanol–water partition coefficient (Wildman–Crippen LogP) is 3.41. The molecule has 30 heavy (non-hydrogen) atoms. The van der Waals surface area contributed by atoms with Gasteiger partial charge in [-0.25, -0.2) is 12.8 Å². The van der Waals surface area contributed by atoms with Crippen LogP contribution in [-0.2, 0) is 10.0 Å². The SMILES string of the molecule is O=C(c1csc(S(=O)(=O)N2CCN(c3ccccc3F)CC2)c1)N1CCCCCC1. The number of halogens is 1. The zero-order valence-electron chi connectivity index (χ0n) is 16.8. The number of thiophene rings is 1. The molecule has 2 saturated heterocycles. The fourth-order valence-corrected chi connectivity index (χ4v) is 6.75. The number of likely N-dealkylation sites (tertiary alicyclic amines) is 1. The molecule has 0 N–H and O–H groups in total. The number of nitrogens with zero attached hydrogens (tertiary/aromatic N) is 3. The molecule has 2 fully saturated rings. The lowest BCUT2D eigenvalue weighted by Gasteiger charge is -2.35. The second-order valence-corrected chi connectivity index (χ2v) is 10.8. The summed E-state index contributed by atoms with van der Waals surface area (Å²) >= 11 is 1.10. The summed E-state index contributed by atoms with van der Waals surface area (Å²) in [5.41, 5.74) is 0.946. The Hall–Kier alpha value is -1.97. The van der Waals surface area contributed by atoms with E-state index < -0.39 is 10.0 Å². The fourth-order valence-electron chi connectivity index (χ4n) is 4.03. The maximum Gasteiger partial charge on any atom is 0.254 e. The first kappa shape index (κ1) is 21.3. The van der Waals surface area contributed by atoms with Crippen LogP contribution >= 0.6 is 11.3 Å². The first-order valence-corrected chi connectivity index (χ1v) is 12.7. The van der Waals surface area contributed by atoms with Crippen LogP contribution in [0.5, 0.6) is 0 Å². The molecule has 2 aromatic rings. The summed E-state index contributed by atoms with van der Waals surface area (Å²) < 4.78 is 41.8. The molecule has 1 aromatic carbocycles. The van der Waals surface area contributed by atoms with Crippen molar-refractivity contribution >= 4 is 33.0 Å². The second kappa shape index (κ2) is 9.03. The molecule has 2 aliphatic rings. The zero-order valence-corrected chi connectivity index (χ0v) is 18.4. The average Bonchev–Trinajstić information content (AvgIpc) is 3.11. The van der Waals surface area contributed by atoms with Gasteiger partial charge in [0.1, 0.15) is 10.0 Å². The van der Waals surface area contributed by atoms with E-state index in [9.17, 15) is 17.6 Å². The van der Waals surface area contributed by atoms with E-state index in [0.29, 0.717) is 24.3 Å². The fraction of sp³-hybridized carbons (Fsp3) is 0.476. The Kier molecular flexibility index (Phi) is 6.40. The molecule has 0 radical (unpaired) electrons. The second-order valence-electron chi connectivity index (χ2n) is 7.70. The number of benzene rings is 1. The molecule has 3 heterocycles. The van der Waals surface area contributed by atoms with Crippen LogP contribution in [-0.4, -0.2) is 62.8 Å². The lowest BCUT2D eigenvalue weighted by Crippen LogP contribution is -2.48. The first-order chi connectivity index (χ1) is 14.5. The lowest BCUT2D eigenvalue weighted by molar-refractivity contribution is 0.0762. The van der Waals surface area contributed by atoms with Gasteiger partial charge in [-0.2, -0.15) is 4.31 Å². The van der Waals surface area contributed by atoms with Gasteiger partial charge in [-0.1, -0.05) is 25.0 Å². The average molecular weight is 452 g/mol. The van der Waals surface area contributed by atoms with Crippen LogP contribution in [0.4, 0.5) is 10.1 Å². The number of rotatable bonds is 4. The van der Waals surface area contributed by atoms with Crippen molar-refractivity contribution in [2.45, 2.75) is 29.9 Å². The quantitative estimate of drug-likeness (QED) is 0.715. The number of hydrogen-bond donors (Lipinski definition) is 0. The van der Waals surface area contributed by atoms with Crippen molar-refractivity contribution in [2.24, 2.45) is 0 Å². The maximum atomic E-state index is 14.0. The molecule has 0 unspecified atom stereocenters. The summed E-state index contributed by atoms with van der Waals surface area (Å²) in [4.78, 5) is 16.5. The normalized spacial score (nSPS) is 19.0. The van der Waals surface area contributed by atoms with Crippen LogP contribution in [0.25, 0.3) is 0 Å². The number of piperazine rings is 1. The molecule has 1 aromatic heterocycles. The van der Waals surface area contributed by atoms with Crippen LogP contribution < -0.4 is 4.90 Å². The highest BCUT2D eigenvalue weighted by Gasteiger charge is 2.31. The van der Waals surface area contributed by atoms with E-state index in [1.54, 1.807) is 23.6 Å². The molecule has 4 rings (SSSR count). The minimum Gasteiger partial charge on any atom is -0.367 e. The Labute approximate surface area is 180 Å². The van der Waals surface area contributed by atoms with Crippen LogP contribution in [0.3, 0.4) is 0 Å². The van der Waals surface area contributed by atoms with Gasteiger partial charge in [0.15, 0.2) is 0 Å². The number of carbonyl (C=O) groups is 1. The predicted molar refractivity (Wildman–Crippen MR) is 116 cm³/mol. The maximum absolute atomic E-state index is 14.0. The van der Waals surface area contributed by atoms with Crippen molar-refractivity contribution in [2.75, 3.05) is 44.2 Å². The summed E-state index contributed by atoms with van der Waals surface area (Å²) in [6.45, 7) is 2.87. The molecule has 1 amide bonds. The van der Waals surface area contributed by atoms with Crippen molar-refractivity contribution in [1.82, 2.24) is 9.21 Å². The highest BCUT2D eigenvalue weighted by Crippen LogP contribution is 2.28. The van der Waals surface area contributed by atoms with Gasteiger partial charge in [0.2, 0.25) is 0 Å². The number of sulfonamides is 1. The van der Waals surface area contributed by atoms with Crippen molar-refractivity contribution < 1.29 is 17.6 Å². The summed E-state index contributed by atoms with van der Waals surface area (Å²) in [6.07, 6.45) is 4.25. The third-order valence-electron chi connectivity index (χ3n) is 5.74. The van der Waals surface area contributed by atoms with Gasteiger partial charge >= 0.3 is 0 Å². The molecule has 9 heteroatoms. The van der Waals surface area contributed by atoms with Crippen LogP contribution in [0, 0.1) is 5.82 Å². The summed E-state index contributed by atoms with van der Waals surface area (Å²) in [5, 5.41) is 1.65. The number of hydrogen-bond acceptors (Lipinski definition) is 5. The van der Waals surface area contributed by atoms with Gasteiger partial charge in [0, 0.05) is 44.6 Å². The smallest absolute Gasteiger partial charge is 0.254 e. The van der Waals surface area contributed by atoms with Crippen LogP contribution in [0.2, 0.25) is 0 Å². The molecular weight excluding hydrogens is 425 g/mol. The Balaban J connectivity index is 1.43. The molecule has 0 spiro atoms. The molecule has 162 valence electrons. The van der Waals surface area contributed by atoms with E-state index in [-0.39, 0.29) is 29.0 Å². The first-order valence-electron chi connectivity index (χ1n) is 10.3. The lowest BCUT2D eigenvalue weighted by atomic mass is 10.2. The summed E-state index contributed by atoms with van der Waals surface area (Å²) in [7, 11) is -3.67. The van der Waals surface area contributed by atoms with E-state index in [4.69, 9.17) is 0 Å². The monoisotopic (exact) mass is 451 g/mol. The highest BCUT2D eigenvalue weighted by atomic mass is 32.2. The minimum atomic E-state index is -3.67. The molecule has 0 aliphatic carbocycles. The number of carbonyl (C=O) groups excluding carboxylic acids is 1. The topological polar surface area (TPSA) is 60.9 Å². The Morgan fingerprint density at radius 3 is 2.27 bits per heavy atom. The van der Waals surface area contributed by atoms with Crippen molar-refractivity contribution in [3.8, 4) is 0 Å². The van der Waals surface area contributed by atoms with Gasteiger partial charge < -0.3 is 9.80 Å². The van der Waals surface area contributed by atoms with Gasteiger partial charge in [-0.05, 0) is 31.0 Å². The third kappa shape index (κ3) is 4.38. The molecule has 0 bridgehead atoms. The van der Waals surface area contributed by atoms with Crippen molar-refractivity contribution in [3.05, 3.63) is 47.1 Å². The minimum absolute atomic E-state index is 0.0843. The highest BCUT2D eigenvalue weighted by molar-refractivity contribution is 7.91. The summed E-state index contributed by atoms with van der Waals surface area (Å²) in [5.74, 6) is -0.386. The Morgan fingerprint density at radius 1 is 0.933 bits per heavy atom. The molecule has 6 nitrogen and oxygen atoms in total. The van der Waals surface area contributed by atoms with Gasteiger partial charge in [0.05, 0.1) is 11.3 Å². The molecule has 0 saturated carbocycles. The molecular formula is C21H26FN3O3S2. The van der Waals surface area contributed by atoms with Crippen LogP contribution in [0.15, 0.2) is 39.9 Å².